The molecule has 3 aliphatic heterocycles. The summed E-state index contributed by atoms with van der Waals surface area (Å²) in [6.07, 6.45) is 12.9. The largest absolute Gasteiger partial charge is 0.490 e. The van der Waals surface area contributed by atoms with Gasteiger partial charge in [-0.15, -0.1) is 4.36 Å². The van der Waals surface area contributed by atoms with Gasteiger partial charge in [-0.2, -0.15) is 0 Å². The zero-order valence-electron chi connectivity index (χ0n) is 30.9. The van der Waals surface area contributed by atoms with Gasteiger partial charge in [0.05, 0.1) is 24.2 Å². The first-order valence-electron chi connectivity index (χ1n) is 19.6. The number of amides is 3. The number of anilines is 1. The Kier molecular flexibility index (Phi) is 10.6. The number of methoxy groups -OCH3 is 1. The van der Waals surface area contributed by atoms with Gasteiger partial charge in [-0.25, -0.2) is 9.00 Å². The molecular weight excluding hydrogens is 712 g/mol. The minimum atomic E-state index is -3.48. The summed E-state index contributed by atoms with van der Waals surface area (Å²) >= 11 is 6.47. The van der Waals surface area contributed by atoms with Crippen molar-refractivity contribution in [3.63, 3.8) is 0 Å². The number of nitrogens with zero attached hydrogens (tertiary/aromatic N) is 2. The predicted molar refractivity (Wildman–Crippen MR) is 207 cm³/mol. The van der Waals surface area contributed by atoms with E-state index in [0.717, 1.165) is 94.1 Å². The number of carbonyl (C=O) groups is 2. The second kappa shape index (κ2) is 15.2. The highest BCUT2D eigenvalue weighted by Gasteiger charge is 2.46. The minimum Gasteiger partial charge on any atom is -0.490 e. The SMILES string of the molecule is CO[C@H]1/C=C/C[C@H](C)C[S@@](=O)(NC(=O)N[C@@H]2C[C@H]2C2CCOCC2)=NC(=O)c2ccc3c(c2)N(C[C@@H]2CC[C@H]21)C[C@@]1(CCCc2cc(Cl)ccc21)CO3. The predicted octanol–water partition coefficient (Wildman–Crippen LogP) is 7.09. The molecule has 8 rings (SSSR count). The quantitative estimate of drug-likeness (QED) is 0.320. The molecule has 2 aromatic rings. The van der Waals surface area contributed by atoms with E-state index >= 15 is 0 Å². The normalized spacial score (nSPS) is 35.0. The Hall–Kier alpha value is -3.12. The van der Waals surface area contributed by atoms with Crippen molar-refractivity contribution in [3.8, 4) is 5.75 Å². The Morgan fingerprint density at radius 3 is 2.74 bits per heavy atom. The molecule has 3 amide bonds. The van der Waals surface area contributed by atoms with Crippen LogP contribution in [0.3, 0.4) is 0 Å². The molecule has 0 aromatic heterocycles. The Bertz CT molecular complexity index is 1870. The van der Waals surface area contributed by atoms with E-state index in [9.17, 15) is 13.8 Å². The number of urea groups is 1. The van der Waals surface area contributed by atoms with Crippen molar-refractivity contribution in [2.45, 2.75) is 82.3 Å². The van der Waals surface area contributed by atoms with E-state index in [1.165, 1.54) is 11.1 Å². The number of rotatable bonds is 4. The van der Waals surface area contributed by atoms with Crippen molar-refractivity contribution in [2.75, 3.05) is 50.7 Å². The van der Waals surface area contributed by atoms with Crippen LogP contribution in [-0.4, -0.2) is 74.1 Å². The first-order valence-corrected chi connectivity index (χ1v) is 21.6. The fourth-order valence-electron chi connectivity index (χ4n) is 9.76. The van der Waals surface area contributed by atoms with Crippen LogP contribution in [0, 0.1) is 29.6 Å². The van der Waals surface area contributed by atoms with Crippen molar-refractivity contribution in [1.29, 1.82) is 0 Å². The van der Waals surface area contributed by atoms with Crippen molar-refractivity contribution in [2.24, 2.45) is 34.0 Å². The Morgan fingerprint density at radius 1 is 1.09 bits per heavy atom. The van der Waals surface area contributed by atoms with E-state index in [1.54, 1.807) is 13.2 Å². The number of fused-ring (bicyclic) bond motifs is 4. The summed E-state index contributed by atoms with van der Waals surface area (Å²) in [5.41, 5.74) is 3.46. The van der Waals surface area contributed by atoms with Crippen molar-refractivity contribution >= 4 is 39.1 Å². The third-order valence-electron chi connectivity index (χ3n) is 12.8. The summed E-state index contributed by atoms with van der Waals surface area (Å²) in [5.74, 6) is 1.69. The average molecular weight is 765 g/mol. The number of hydrogen-bond acceptors (Lipinski definition) is 7. The highest BCUT2D eigenvalue weighted by molar-refractivity contribution is 7.92. The topological polar surface area (TPSA) is 119 Å². The molecule has 3 heterocycles. The Balaban J connectivity index is 1.12. The maximum Gasteiger partial charge on any atom is 0.327 e. The summed E-state index contributed by atoms with van der Waals surface area (Å²) in [6, 6.07) is 11.2. The van der Waals surface area contributed by atoms with E-state index in [4.69, 9.17) is 25.8 Å². The Morgan fingerprint density at radius 2 is 1.94 bits per heavy atom. The highest BCUT2D eigenvalue weighted by atomic mass is 35.5. The number of benzene rings is 2. The smallest absolute Gasteiger partial charge is 0.327 e. The van der Waals surface area contributed by atoms with Crippen molar-refractivity contribution < 1.29 is 28.0 Å². The maximum absolute atomic E-state index is 14.6. The van der Waals surface area contributed by atoms with E-state index in [1.807, 2.05) is 25.1 Å². The van der Waals surface area contributed by atoms with Crippen LogP contribution in [0.15, 0.2) is 52.9 Å². The summed E-state index contributed by atoms with van der Waals surface area (Å²) in [5, 5.41) is 3.78. The Labute approximate surface area is 319 Å². The first-order chi connectivity index (χ1) is 25.6. The zero-order valence-corrected chi connectivity index (χ0v) is 32.5. The molecule has 0 radical (unpaired) electrons. The number of aryl methyl sites for hydroxylation is 1. The van der Waals surface area contributed by atoms with Gasteiger partial charge in [-0.05, 0) is 129 Å². The fraction of sp³-hybridized carbons (Fsp3) is 0.610. The molecule has 8 atom stereocenters. The van der Waals surface area contributed by atoms with Gasteiger partial charge in [0.15, 0.2) is 0 Å². The van der Waals surface area contributed by atoms with Crippen LogP contribution in [-0.2, 0) is 31.2 Å². The summed E-state index contributed by atoms with van der Waals surface area (Å²) in [7, 11) is -1.70. The van der Waals surface area contributed by atoms with E-state index in [-0.39, 0.29) is 29.2 Å². The first kappa shape index (κ1) is 36.8. The van der Waals surface area contributed by atoms with Crippen LogP contribution >= 0.6 is 11.6 Å². The lowest BCUT2D eigenvalue weighted by molar-refractivity contribution is 0.0131. The lowest BCUT2D eigenvalue weighted by Gasteiger charge is -2.46. The molecule has 2 aromatic carbocycles. The lowest BCUT2D eigenvalue weighted by atomic mass is 9.68. The van der Waals surface area contributed by atoms with Crippen molar-refractivity contribution in [1.82, 2.24) is 10.0 Å². The van der Waals surface area contributed by atoms with Crippen LogP contribution in [0.5, 0.6) is 5.75 Å². The maximum atomic E-state index is 14.6. The molecule has 2 saturated carbocycles. The molecule has 1 spiro atoms. The summed E-state index contributed by atoms with van der Waals surface area (Å²) in [4.78, 5) is 29.8. The average Bonchev–Trinajstić information content (AvgIpc) is 3.91. The van der Waals surface area contributed by atoms with Crippen LogP contribution < -0.4 is 19.7 Å². The summed E-state index contributed by atoms with van der Waals surface area (Å²) < 4.78 is 39.9. The monoisotopic (exact) mass is 764 g/mol. The van der Waals surface area contributed by atoms with Gasteiger partial charge >= 0.3 is 6.03 Å². The number of ether oxygens (including phenoxy) is 3. The second-order valence-corrected chi connectivity index (χ2v) is 18.9. The van der Waals surface area contributed by atoms with Crippen LogP contribution in [0.4, 0.5) is 10.5 Å². The van der Waals surface area contributed by atoms with Gasteiger partial charge in [0.1, 0.15) is 15.7 Å². The number of hydrogen-bond donors (Lipinski definition) is 2. The second-order valence-electron chi connectivity index (χ2n) is 16.5. The van der Waals surface area contributed by atoms with E-state index in [2.05, 4.69) is 43.6 Å². The number of nitrogens with one attached hydrogen (secondary N) is 2. The van der Waals surface area contributed by atoms with Gasteiger partial charge < -0.3 is 24.4 Å². The molecule has 286 valence electrons. The molecule has 1 saturated heterocycles. The fourth-order valence-corrected chi connectivity index (χ4v) is 11.8. The molecule has 3 fully saturated rings. The molecule has 6 aliphatic rings. The molecule has 0 unspecified atom stereocenters. The van der Waals surface area contributed by atoms with Crippen LogP contribution in [0.1, 0.15) is 79.8 Å². The zero-order chi connectivity index (χ0) is 36.7. The molecule has 12 heteroatoms. The van der Waals surface area contributed by atoms with Gasteiger partial charge in [0.25, 0.3) is 5.91 Å². The van der Waals surface area contributed by atoms with Gasteiger partial charge in [0.2, 0.25) is 0 Å². The van der Waals surface area contributed by atoms with Gasteiger partial charge in [0, 0.05) is 55.5 Å². The molecule has 2 bridgehead atoms. The molecule has 2 N–H and O–H groups in total. The molecule has 53 heavy (non-hydrogen) atoms. The van der Waals surface area contributed by atoms with Gasteiger partial charge in [-0.1, -0.05) is 36.7 Å². The third kappa shape index (κ3) is 7.86. The minimum absolute atomic E-state index is 0.0247. The highest BCUT2D eigenvalue weighted by Crippen LogP contribution is 2.47. The number of carbonyl (C=O) groups excluding carboxylic acids is 2. The molecular formula is C41H53ClN4O6S. The summed E-state index contributed by atoms with van der Waals surface area (Å²) in [6.45, 7) is 5.52. The number of allylic oxidation sites excluding steroid dienone is 1. The van der Waals surface area contributed by atoms with Gasteiger partial charge in [-0.3, -0.25) is 9.52 Å². The molecule has 3 aliphatic carbocycles. The van der Waals surface area contributed by atoms with Crippen molar-refractivity contribution in [3.05, 3.63) is 70.3 Å². The lowest BCUT2D eigenvalue weighted by Crippen LogP contribution is -2.49. The van der Waals surface area contributed by atoms with E-state index in [0.29, 0.717) is 42.3 Å². The van der Waals surface area contributed by atoms with E-state index < -0.39 is 21.9 Å². The van der Waals surface area contributed by atoms with Crippen LogP contribution in [0.2, 0.25) is 5.02 Å². The van der Waals surface area contributed by atoms with Crippen LogP contribution in [0.25, 0.3) is 0 Å². The standard InChI is InChI=1S/C41H53ClN4O6S/c1-26-5-3-7-37(50-2)32-11-8-30(32)22-46-24-41(16-4-6-28-19-31(42)10-12-34(28)41)25-52-38-13-9-29(20-36(38)46)39(47)44-53(49,23-26)45-40(48)43-35-21-33(35)27-14-17-51-18-15-27/h3,7,9-10,12-13,19-20,26-27,30,32-33,35,37H,4-6,8,11,14-18,21-25H2,1-2H3,(H2,43,44,45,47,48,49)/b7-3+/t26-,30-,32+,33-,35+,37-,41-,53-/m0/s1. The molecule has 10 nitrogen and oxygen atoms in total. The third-order valence-corrected chi connectivity index (χ3v) is 15.0. The number of halogens is 1.